The molecule has 0 spiro atoms. The summed E-state index contributed by atoms with van der Waals surface area (Å²) in [6.07, 6.45) is 0.722. The van der Waals surface area contributed by atoms with Gasteiger partial charge in [0, 0.05) is 11.3 Å². The van der Waals surface area contributed by atoms with E-state index >= 15 is 0 Å². The molecule has 6 nitrogen and oxygen atoms in total. The molecule has 0 radical (unpaired) electrons. The highest BCUT2D eigenvalue weighted by Crippen LogP contribution is 2.33. The summed E-state index contributed by atoms with van der Waals surface area (Å²) in [5.74, 6) is 1.03. The summed E-state index contributed by atoms with van der Waals surface area (Å²) >= 11 is 1.37. The maximum absolute atomic E-state index is 12.9. The van der Waals surface area contributed by atoms with E-state index in [2.05, 4.69) is 10.6 Å². The van der Waals surface area contributed by atoms with Crippen LogP contribution in [0.5, 0.6) is 11.5 Å². The number of fused-ring (bicyclic) bond motifs is 1. The molecule has 30 heavy (non-hydrogen) atoms. The number of carbonyl (C=O) groups is 2. The fraction of sp³-hybridized carbons (Fsp3) is 0.217. The molecule has 1 atom stereocenters. The Morgan fingerprint density at radius 3 is 2.60 bits per heavy atom. The van der Waals surface area contributed by atoms with Crippen molar-refractivity contribution in [1.82, 2.24) is 5.32 Å². The van der Waals surface area contributed by atoms with Gasteiger partial charge in [-0.3, -0.25) is 9.59 Å². The maximum Gasteiger partial charge on any atom is 0.265 e. The molecule has 2 amide bonds. The summed E-state index contributed by atoms with van der Waals surface area (Å²) in [5, 5.41) is 7.75. The number of thiophene rings is 1. The minimum atomic E-state index is -0.205. The minimum Gasteiger partial charge on any atom is -0.486 e. The van der Waals surface area contributed by atoms with Gasteiger partial charge in [0.2, 0.25) is 0 Å². The number of hydrogen-bond acceptors (Lipinski definition) is 5. The molecule has 3 aromatic rings. The molecule has 0 saturated heterocycles. The molecule has 2 aromatic carbocycles. The molecule has 1 aromatic heterocycles. The first kappa shape index (κ1) is 20.0. The Kier molecular flexibility index (Phi) is 5.99. The van der Waals surface area contributed by atoms with E-state index in [-0.39, 0.29) is 17.9 Å². The molecule has 0 bridgehead atoms. The van der Waals surface area contributed by atoms with Crippen LogP contribution >= 0.6 is 11.3 Å². The van der Waals surface area contributed by atoms with Gasteiger partial charge in [0.05, 0.1) is 10.9 Å². The SMILES string of the molecule is CCC(NC(=O)c1cccc(NC(=O)c2cccs2)c1)c1ccc2c(c1)OCCO2. The van der Waals surface area contributed by atoms with Crippen molar-refractivity contribution in [1.29, 1.82) is 0 Å². The lowest BCUT2D eigenvalue weighted by molar-refractivity contribution is 0.0934. The van der Waals surface area contributed by atoms with E-state index < -0.39 is 0 Å². The molecular weight excluding hydrogens is 400 g/mol. The van der Waals surface area contributed by atoms with E-state index in [9.17, 15) is 9.59 Å². The van der Waals surface area contributed by atoms with Gasteiger partial charge in [-0.2, -0.15) is 0 Å². The van der Waals surface area contributed by atoms with E-state index in [1.165, 1.54) is 11.3 Å². The van der Waals surface area contributed by atoms with Crippen LogP contribution in [0.25, 0.3) is 0 Å². The van der Waals surface area contributed by atoms with Crippen molar-refractivity contribution in [2.45, 2.75) is 19.4 Å². The highest BCUT2D eigenvalue weighted by molar-refractivity contribution is 7.12. The van der Waals surface area contributed by atoms with E-state index in [0.717, 1.165) is 17.7 Å². The smallest absolute Gasteiger partial charge is 0.265 e. The summed E-state index contributed by atoms with van der Waals surface area (Å²) in [5.41, 5.74) is 2.01. The molecule has 4 rings (SSSR count). The van der Waals surface area contributed by atoms with Crippen molar-refractivity contribution < 1.29 is 19.1 Å². The quantitative estimate of drug-likeness (QED) is 0.606. The lowest BCUT2D eigenvalue weighted by Gasteiger charge is -2.22. The Bertz CT molecular complexity index is 1050. The summed E-state index contributed by atoms with van der Waals surface area (Å²) in [4.78, 5) is 25.7. The van der Waals surface area contributed by atoms with Gasteiger partial charge < -0.3 is 20.1 Å². The second kappa shape index (κ2) is 9.00. The molecule has 0 aliphatic carbocycles. The van der Waals surface area contributed by atoms with Crippen molar-refractivity contribution in [2.75, 3.05) is 18.5 Å². The number of nitrogens with one attached hydrogen (secondary N) is 2. The van der Waals surface area contributed by atoms with Gasteiger partial charge in [-0.25, -0.2) is 0 Å². The first-order valence-electron chi connectivity index (χ1n) is 9.79. The van der Waals surface area contributed by atoms with Crippen LogP contribution in [-0.2, 0) is 0 Å². The van der Waals surface area contributed by atoms with Gasteiger partial charge in [-0.05, 0) is 53.8 Å². The number of benzene rings is 2. The van der Waals surface area contributed by atoms with E-state index in [0.29, 0.717) is 35.1 Å². The summed E-state index contributed by atoms with van der Waals surface area (Å²) in [7, 11) is 0. The predicted octanol–water partition coefficient (Wildman–Crippen LogP) is 4.65. The van der Waals surface area contributed by atoms with Crippen molar-refractivity contribution in [3.8, 4) is 11.5 Å². The first-order valence-corrected chi connectivity index (χ1v) is 10.7. The van der Waals surface area contributed by atoms with Gasteiger partial charge in [0.15, 0.2) is 11.5 Å². The lowest BCUT2D eigenvalue weighted by atomic mass is 10.0. The molecular formula is C23H22N2O4S. The summed E-state index contributed by atoms with van der Waals surface area (Å²) < 4.78 is 11.2. The Labute approximate surface area is 178 Å². The third kappa shape index (κ3) is 4.46. The average Bonchev–Trinajstić information content (AvgIpc) is 3.32. The highest BCUT2D eigenvalue weighted by Gasteiger charge is 2.19. The monoisotopic (exact) mass is 422 g/mol. The summed E-state index contributed by atoms with van der Waals surface area (Å²) in [6, 6.07) is 16.1. The van der Waals surface area contributed by atoms with Gasteiger partial charge >= 0.3 is 0 Å². The van der Waals surface area contributed by atoms with E-state index in [1.807, 2.05) is 36.6 Å². The van der Waals surface area contributed by atoms with Crippen molar-refractivity contribution >= 4 is 28.8 Å². The third-order valence-electron chi connectivity index (χ3n) is 4.81. The Morgan fingerprint density at radius 2 is 1.83 bits per heavy atom. The van der Waals surface area contributed by atoms with Gasteiger partial charge in [0.25, 0.3) is 11.8 Å². The lowest BCUT2D eigenvalue weighted by Crippen LogP contribution is -2.28. The highest BCUT2D eigenvalue weighted by atomic mass is 32.1. The molecule has 2 N–H and O–H groups in total. The minimum absolute atomic E-state index is 0.169. The average molecular weight is 423 g/mol. The largest absolute Gasteiger partial charge is 0.486 e. The zero-order valence-electron chi connectivity index (χ0n) is 16.5. The first-order chi connectivity index (χ1) is 14.6. The van der Waals surface area contributed by atoms with Crippen LogP contribution < -0.4 is 20.1 Å². The molecule has 1 aliphatic rings. The fourth-order valence-electron chi connectivity index (χ4n) is 3.28. The number of carbonyl (C=O) groups excluding carboxylic acids is 2. The van der Waals surface area contributed by atoms with Gasteiger partial charge in [0.1, 0.15) is 13.2 Å². The zero-order chi connectivity index (χ0) is 20.9. The topological polar surface area (TPSA) is 76.7 Å². The van der Waals surface area contributed by atoms with Crippen LogP contribution in [0.15, 0.2) is 60.0 Å². The Morgan fingerprint density at radius 1 is 1.00 bits per heavy atom. The second-order valence-electron chi connectivity index (χ2n) is 6.85. The second-order valence-corrected chi connectivity index (χ2v) is 7.80. The molecule has 1 aliphatic heterocycles. The van der Waals surface area contributed by atoms with Crippen molar-refractivity contribution in [3.05, 3.63) is 76.0 Å². The molecule has 0 saturated carbocycles. The van der Waals surface area contributed by atoms with Crippen LogP contribution in [0.1, 0.15) is 45.0 Å². The number of hydrogen-bond donors (Lipinski definition) is 2. The molecule has 0 fully saturated rings. The van der Waals surface area contributed by atoms with Crippen LogP contribution in [-0.4, -0.2) is 25.0 Å². The van der Waals surface area contributed by atoms with Gasteiger partial charge in [-0.1, -0.05) is 25.1 Å². The van der Waals surface area contributed by atoms with Crippen LogP contribution in [0, 0.1) is 0 Å². The van der Waals surface area contributed by atoms with E-state index in [1.54, 1.807) is 30.3 Å². The maximum atomic E-state index is 12.9. The van der Waals surface area contributed by atoms with Crippen molar-refractivity contribution in [3.63, 3.8) is 0 Å². The predicted molar refractivity (Wildman–Crippen MR) is 117 cm³/mol. The number of ether oxygens (including phenoxy) is 2. The number of anilines is 1. The zero-order valence-corrected chi connectivity index (χ0v) is 17.3. The Hall–Kier alpha value is -3.32. The standard InChI is InChI=1S/C23H22N2O4S/c1-2-18(15-8-9-19-20(14-15)29-11-10-28-19)25-22(26)16-5-3-6-17(13-16)24-23(27)21-7-4-12-30-21/h3-9,12-14,18H,2,10-11H2,1H3,(H,24,27)(H,25,26). The molecule has 154 valence electrons. The summed E-state index contributed by atoms with van der Waals surface area (Å²) in [6.45, 7) is 3.07. The normalized spacial score (nSPS) is 13.4. The van der Waals surface area contributed by atoms with Gasteiger partial charge in [-0.15, -0.1) is 11.3 Å². The van der Waals surface area contributed by atoms with Crippen molar-refractivity contribution in [2.24, 2.45) is 0 Å². The fourth-order valence-corrected chi connectivity index (χ4v) is 3.90. The number of rotatable bonds is 6. The van der Waals surface area contributed by atoms with Crippen LogP contribution in [0.4, 0.5) is 5.69 Å². The van der Waals surface area contributed by atoms with Crippen LogP contribution in [0.3, 0.4) is 0 Å². The molecule has 1 unspecified atom stereocenters. The molecule has 7 heteroatoms. The Balaban J connectivity index is 1.46. The number of amides is 2. The third-order valence-corrected chi connectivity index (χ3v) is 5.68. The molecule has 2 heterocycles. The van der Waals surface area contributed by atoms with Crippen LogP contribution in [0.2, 0.25) is 0 Å². The van der Waals surface area contributed by atoms with E-state index in [4.69, 9.17) is 9.47 Å².